The Morgan fingerprint density at radius 1 is 1.03 bits per heavy atom. The predicted octanol–water partition coefficient (Wildman–Crippen LogP) is 2.96. The van der Waals surface area contributed by atoms with Crippen molar-refractivity contribution in [3.63, 3.8) is 0 Å². The van der Waals surface area contributed by atoms with Crippen LogP contribution in [0.3, 0.4) is 0 Å². The van der Waals surface area contributed by atoms with Crippen molar-refractivity contribution in [2.45, 2.75) is 25.6 Å². The molecule has 6 heteroatoms. The van der Waals surface area contributed by atoms with Gasteiger partial charge in [0.2, 0.25) is 5.91 Å². The molecule has 0 unspecified atom stereocenters. The number of likely N-dealkylation sites (tertiary alicyclic amines) is 1. The van der Waals surface area contributed by atoms with E-state index >= 15 is 0 Å². The van der Waals surface area contributed by atoms with Gasteiger partial charge in [0.05, 0.1) is 6.20 Å². The van der Waals surface area contributed by atoms with Crippen LogP contribution in [-0.4, -0.2) is 51.2 Å². The number of halogens is 1. The molecule has 0 atom stereocenters. The van der Waals surface area contributed by atoms with Gasteiger partial charge in [-0.2, -0.15) is 5.10 Å². The Hall–Kier alpha value is -2.99. The highest BCUT2D eigenvalue weighted by Crippen LogP contribution is 2.25. The molecule has 0 bridgehead atoms. The Balaban J connectivity index is 1.15. The topological polar surface area (TPSA) is 41.4 Å². The second-order valence-corrected chi connectivity index (χ2v) is 7.88. The molecule has 148 valence electrons. The molecule has 1 saturated heterocycles. The van der Waals surface area contributed by atoms with E-state index in [-0.39, 0.29) is 18.3 Å². The van der Waals surface area contributed by atoms with Crippen molar-refractivity contribution in [3.05, 3.63) is 77.9 Å². The van der Waals surface area contributed by atoms with Crippen LogP contribution in [0.25, 0.3) is 11.1 Å². The van der Waals surface area contributed by atoms with Crippen molar-refractivity contribution >= 4 is 5.91 Å². The molecule has 0 spiro atoms. The highest BCUT2D eigenvalue weighted by atomic mass is 19.1. The van der Waals surface area contributed by atoms with Crippen LogP contribution in [0.4, 0.5) is 4.39 Å². The van der Waals surface area contributed by atoms with E-state index in [1.807, 2.05) is 11.1 Å². The number of benzene rings is 2. The summed E-state index contributed by atoms with van der Waals surface area (Å²) in [6.07, 6.45) is 4.63. The Morgan fingerprint density at radius 2 is 1.79 bits per heavy atom. The van der Waals surface area contributed by atoms with Crippen LogP contribution in [0, 0.1) is 5.82 Å². The average Bonchev–Trinajstić information content (AvgIpc) is 3.15. The maximum Gasteiger partial charge on any atom is 0.244 e. The second kappa shape index (κ2) is 7.44. The van der Waals surface area contributed by atoms with Crippen molar-refractivity contribution in [3.8, 4) is 11.1 Å². The molecule has 3 heterocycles. The Labute approximate surface area is 169 Å². The van der Waals surface area contributed by atoms with Crippen molar-refractivity contribution in [2.75, 3.05) is 19.6 Å². The summed E-state index contributed by atoms with van der Waals surface area (Å²) in [5.74, 6) is -0.173. The van der Waals surface area contributed by atoms with E-state index in [0.29, 0.717) is 6.04 Å². The van der Waals surface area contributed by atoms with Crippen LogP contribution in [0.1, 0.15) is 11.1 Å². The Bertz CT molecular complexity index is 1020. The first kappa shape index (κ1) is 18.1. The molecule has 2 aliphatic rings. The molecule has 2 aliphatic heterocycles. The molecule has 1 fully saturated rings. The standard InChI is InChI=1S/C23H23FN4O/c24-21-7-5-18(6-8-21)20-11-25-28(13-20)16-23(29)27-14-22(15-27)26-10-9-17-3-1-2-4-19(17)12-26/h1-8,11,13,22H,9-10,12,14-16H2. The van der Waals surface area contributed by atoms with Gasteiger partial charge in [-0.3, -0.25) is 14.4 Å². The number of carbonyl (C=O) groups is 1. The van der Waals surface area contributed by atoms with Crippen LogP contribution in [0.2, 0.25) is 0 Å². The summed E-state index contributed by atoms with van der Waals surface area (Å²) in [6, 6.07) is 15.4. The van der Waals surface area contributed by atoms with E-state index < -0.39 is 0 Å². The lowest BCUT2D eigenvalue weighted by Crippen LogP contribution is -2.62. The number of amides is 1. The largest absolute Gasteiger partial charge is 0.338 e. The summed E-state index contributed by atoms with van der Waals surface area (Å²) in [7, 11) is 0. The fourth-order valence-corrected chi connectivity index (χ4v) is 4.20. The van der Waals surface area contributed by atoms with Gasteiger partial charge >= 0.3 is 0 Å². The van der Waals surface area contributed by atoms with E-state index in [1.165, 1.54) is 23.3 Å². The van der Waals surface area contributed by atoms with Crippen LogP contribution >= 0.6 is 0 Å². The number of nitrogens with zero attached hydrogens (tertiary/aromatic N) is 4. The van der Waals surface area contributed by atoms with Crippen LogP contribution in [-0.2, 0) is 24.3 Å². The van der Waals surface area contributed by atoms with Crippen LogP contribution in [0.5, 0.6) is 0 Å². The van der Waals surface area contributed by atoms with Gasteiger partial charge in [0, 0.05) is 44.0 Å². The minimum Gasteiger partial charge on any atom is -0.338 e. The number of hydrogen-bond acceptors (Lipinski definition) is 3. The lowest BCUT2D eigenvalue weighted by Gasteiger charge is -2.47. The van der Waals surface area contributed by atoms with Gasteiger partial charge in [0.25, 0.3) is 0 Å². The van der Waals surface area contributed by atoms with Gasteiger partial charge < -0.3 is 4.90 Å². The molecule has 5 rings (SSSR count). The minimum atomic E-state index is -0.263. The number of rotatable bonds is 4. The summed E-state index contributed by atoms with van der Waals surface area (Å²) in [5.41, 5.74) is 4.63. The Morgan fingerprint density at radius 3 is 2.59 bits per heavy atom. The molecule has 5 nitrogen and oxygen atoms in total. The highest BCUT2D eigenvalue weighted by Gasteiger charge is 2.35. The third kappa shape index (κ3) is 3.68. The molecule has 0 radical (unpaired) electrons. The smallest absolute Gasteiger partial charge is 0.244 e. The van der Waals surface area contributed by atoms with Crippen LogP contribution < -0.4 is 0 Å². The molecular weight excluding hydrogens is 367 g/mol. The molecule has 0 saturated carbocycles. The minimum absolute atomic E-state index is 0.0902. The monoisotopic (exact) mass is 390 g/mol. The fourth-order valence-electron chi connectivity index (χ4n) is 4.20. The van der Waals surface area contributed by atoms with Crippen LogP contribution in [0.15, 0.2) is 60.9 Å². The van der Waals surface area contributed by atoms with E-state index in [2.05, 4.69) is 34.3 Å². The molecule has 1 amide bonds. The maximum atomic E-state index is 13.1. The number of carbonyl (C=O) groups excluding carboxylic acids is 1. The van der Waals surface area contributed by atoms with E-state index in [9.17, 15) is 9.18 Å². The maximum absolute atomic E-state index is 13.1. The first-order valence-corrected chi connectivity index (χ1v) is 10.0. The first-order valence-electron chi connectivity index (χ1n) is 10.0. The molecule has 0 aliphatic carbocycles. The second-order valence-electron chi connectivity index (χ2n) is 7.88. The fraction of sp³-hybridized carbons (Fsp3) is 0.304. The summed E-state index contributed by atoms with van der Waals surface area (Å²) in [6.45, 7) is 3.84. The quantitative estimate of drug-likeness (QED) is 0.688. The molecule has 3 aromatic rings. The SMILES string of the molecule is O=C(Cn1cc(-c2ccc(F)cc2)cn1)N1CC(N2CCc3ccccc3C2)C1. The predicted molar refractivity (Wildman–Crippen MR) is 109 cm³/mol. The van der Waals surface area contributed by atoms with Gasteiger partial charge in [0.15, 0.2) is 0 Å². The number of aromatic nitrogens is 2. The summed E-state index contributed by atoms with van der Waals surface area (Å²) in [5, 5.41) is 4.29. The zero-order valence-electron chi connectivity index (χ0n) is 16.2. The van der Waals surface area contributed by atoms with Crippen molar-refractivity contribution in [1.29, 1.82) is 0 Å². The van der Waals surface area contributed by atoms with Gasteiger partial charge in [-0.05, 0) is 35.2 Å². The lowest BCUT2D eigenvalue weighted by atomic mass is 9.96. The first-order chi connectivity index (χ1) is 14.2. The Kier molecular flexibility index (Phi) is 4.64. The summed E-state index contributed by atoms with van der Waals surface area (Å²) >= 11 is 0. The lowest BCUT2D eigenvalue weighted by molar-refractivity contribution is -0.139. The average molecular weight is 390 g/mol. The van der Waals surface area contributed by atoms with Crippen molar-refractivity contribution in [2.24, 2.45) is 0 Å². The van der Waals surface area contributed by atoms with Crippen molar-refractivity contribution < 1.29 is 9.18 Å². The molecular formula is C23H23FN4O. The highest BCUT2D eigenvalue weighted by molar-refractivity contribution is 5.77. The molecule has 1 aromatic heterocycles. The normalized spacial score (nSPS) is 17.1. The van der Waals surface area contributed by atoms with Gasteiger partial charge in [-0.15, -0.1) is 0 Å². The van der Waals surface area contributed by atoms with E-state index in [1.54, 1.807) is 23.0 Å². The van der Waals surface area contributed by atoms with E-state index in [4.69, 9.17) is 0 Å². The zero-order valence-corrected chi connectivity index (χ0v) is 16.2. The summed E-state index contributed by atoms with van der Waals surface area (Å²) in [4.78, 5) is 17.0. The molecule has 2 aromatic carbocycles. The molecule has 29 heavy (non-hydrogen) atoms. The molecule has 0 N–H and O–H groups in total. The van der Waals surface area contributed by atoms with Gasteiger partial charge in [-0.1, -0.05) is 36.4 Å². The number of hydrogen-bond donors (Lipinski definition) is 0. The van der Waals surface area contributed by atoms with Gasteiger partial charge in [-0.25, -0.2) is 4.39 Å². The zero-order chi connectivity index (χ0) is 19.8. The van der Waals surface area contributed by atoms with E-state index in [0.717, 1.165) is 43.7 Å². The van der Waals surface area contributed by atoms with Gasteiger partial charge in [0.1, 0.15) is 12.4 Å². The van der Waals surface area contributed by atoms with Crippen molar-refractivity contribution in [1.82, 2.24) is 19.6 Å². The third-order valence-corrected chi connectivity index (χ3v) is 6.00. The summed E-state index contributed by atoms with van der Waals surface area (Å²) < 4.78 is 14.7. The number of fused-ring (bicyclic) bond motifs is 1. The third-order valence-electron chi connectivity index (χ3n) is 6.00.